The van der Waals surface area contributed by atoms with Gasteiger partial charge in [-0.15, -0.1) is 0 Å². The summed E-state index contributed by atoms with van der Waals surface area (Å²) < 4.78 is 4.76. The molecule has 11 rings (SSSR count). The Morgan fingerprint density at radius 3 is 1.48 bits per heavy atom. The number of aromatic nitrogens is 2. The van der Waals surface area contributed by atoms with E-state index in [4.69, 9.17) is 0 Å². The van der Waals surface area contributed by atoms with E-state index in [1.165, 1.54) is 71.4 Å². The number of benzene rings is 9. The number of fused-ring (bicyclic) bond motifs is 6. The molecule has 9 aromatic carbocycles. The Morgan fingerprint density at radius 1 is 0.424 bits per heavy atom. The summed E-state index contributed by atoms with van der Waals surface area (Å²) in [7, 11) is 0. The molecule has 11 aromatic rings. The highest BCUT2D eigenvalue weighted by atomic mass is 15.1. The van der Waals surface area contributed by atoms with Gasteiger partial charge in [0.2, 0.25) is 0 Å². The second-order valence-corrected chi connectivity index (χ2v) is 17.6. The molecule has 2 aromatic heterocycles. The Balaban J connectivity index is 0.965. The monoisotopic (exact) mass is 849 g/mol. The Hall–Kier alpha value is -8.14. The van der Waals surface area contributed by atoms with Crippen LogP contribution in [0.25, 0.3) is 67.1 Å². The number of nitrogens with zero attached hydrogens (tertiary/aromatic N) is 3. The number of hydrogen-bond acceptors (Lipinski definition) is 1. The summed E-state index contributed by atoms with van der Waals surface area (Å²) in [5.74, 6) is 0.210. The molecule has 0 aliphatic rings. The largest absolute Gasteiger partial charge is 0.310 e. The molecule has 318 valence electrons. The molecule has 0 aliphatic carbocycles. The Morgan fingerprint density at radius 2 is 0.909 bits per heavy atom. The minimum Gasteiger partial charge on any atom is -0.310 e. The van der Waals surface area contributed by atoms with Gasteiger partial charge in [-0.1, -0.05) is 134 Å². The molecule has 3 heteroatoms. The molecule has 0 saturated heterocycles. The first-order chi connectivity index (χ1) is 32.4. The minimum atomic E-state index is 0.210. The van der Waals surface area contributed by atoms with Crippen LogP contribution < -0.4 is 4.90 Å². The lowest BCUT2D eigenvalue weighted by atomic mass is 9.85. The van der Waals surface area contributed by atoms with Crippen molar-refractivity contribution < 1.29 is 0 Å². The Bertz CT molecular complexity index is 3590. The van der Waals surface area contributed by atoms with Crippen LogP contribution in [0.3, 0.4) is 0 Å². The number of hydrogen-bond donors (Lipinski definition) is 0. The minimum absolute atomic E-state index is 0.210. The van der Waals surface area contributed by atoms with Crippen molar-refractivity contribution in [3.8, 4) is 11.4 Å². The van der Waals surface area contributed by atoms with Crippen molar-refractivity contribution in [2.24, 2.45) is 0 Å². The van der Waals surface area contributed by atoms with Crippen LogP contribution in [-0.4, -0.2) is 9.13 Å². The van der Waals surface area contributed by atoms with Gasteiger partial charge in [-0.25, -0.2) is 0 Å². The van der Waals surface area contributed by atoms with Crippen LogP contribution >= 0.6 is 0 Å². The number of para-hydroxylation sites is 2. The maximum atomic E-state index is 4.10. The fraction of sp³-hybridized carbons (Fsp3) is 0.0794. The summed E-state index contributed by atoms with van der Waals surface area (Å²) in [5, 5.41) is 4.92. The predicted octanol–water partition coefficient (Wildman–Crippen LogP) is 17.0. The SMILES string of the molecule is C=Cc1ccc2c(c1)c1cc(C(CCc3ccc(N(c4cccc(C)c4)c4ccc5c(c4)c4cc(C=C)ccc4n5-c4ccccc4)cc3)c3cccc(C)c3)ccc1n2-c1ccccc1. The van der Waals surface area contributed by atoms with Crippen LogP contribution in [0.2, 0.25) is 0 Å². The van der Waals surface area contributed by atoms with Crippen molar-refractivity contribution in [3.05, 3.63) is 258 Å². The van der Waals surface area contributed by atoms with Gasteiger partial charge >= 0.3 is 0 Å². The lowest BCUT2D eigenvalue weighted by Crippen LogP contribution is -2.10. The lowest BCUT2D eigenvalue weighted by molar-refractivity contribution is 0.715. The summed E-state index contributed by atoms with van der Waals surface area (Å²) in [6, 6.07) is 75.9. The van der Waals surface area contributed by atoms with Crippen LogP contribution in [-0.2, 0) is 6.42 Å². The lowest BCUT2D eigenvalue weighted by Gasteiger charge is -2.26. The molecule has 0 radical (unpaired) electrons. The summed E-state index contributed by atoms with van der Waals surface area (Å²) in [6.45, 7) is 12.6. The fourth-order valence-corrected chi connectivity index (χ4v) is 10.2. The average Bonchev–Trinajstić information content (AvgIpc) is 3.86. The first-order valence-electron chi connectivity index (χ1n) is 23.0. The van der Waals surface area contributed by atoms with Gasteiger partial charge in [-0.3, -0.25) is 0 Å². The molecule has 0 fully saturated rings. The molecule has 0 aliphatic heterocycles. The van der Waals surface area contributed by atoms with Crippen LogP contribution in [0.15, 0.2) is 219 Å². The maximum Gasteiger partial charge on any atom is 0.0542 e. The number of rotatable bonds is 12. The zero-order valence-corrected chi connectivity index (χ0v) is 37.5. The van der Waals surface area contributed by atoms with E-state index in [0.717, 1.165) is 52.4 Å². The van der Waals surface area contributed by atoms with E-state index in [1.54, 1.807) is 0 Å². The highest BCUT2D eigenvalue weighted by molar-refractivity contribution is 6.12. The third-order valence-electron chi connectivity index (χ3n) is 13.4. The molecule has 0 bridgehead atoms. The molecule has 66 heavy (non-hydrogen) atoms. The molecule has 3 nitrogen and oxygen atoms in total. The summed E-state index contributed by atoms with van der Waals surface area (Å²) in [4.78, 5) is 2.40. The molecule has 0 saturated carbocycles. The van der Waals surface area contributed by atoms with Gasteiger partial charge in [0.25, 0.3) is 0 Å². The van der Waals surface area contributed by atoms with E-state index in [2.05, 4.69) is 247 Å². The van der Waals surface area contributed by atoms with Gasteiger partial charge in [0.05, 0.1) is 22.1 Å². The summed E-state index contributed by atoms with van der Waals surface area (Å²) in [6.07, 6.45) is 5.78. The molecule has 0 N–H and O–H groups in total. The van der Waals surface area contributed by atoms with E-state index in [9.17, 15) is 0 Å². The van der Waals surface area contributed by atoms with Crippen molar-refractivity contribution in [1.29, 1.82) is 0 Å². The van der Waals surface area contributed by atoms with Gasteiger partial charge in [0.15, 0.2) is 0 Å². The van der Waals surface area contributed by atoms with E-state index in [1.807, 2.05) is 12.2 Å². The van der Waals surface area contributed by atoms with Crippen molar-refractivity contribution in [2.45, 2.75) is 32.6 Å². The molecule has 1 atom stereocenters. The van der Waals surface area contributed by atoms with Crippen LogP contribution in [0.1, 0.15) is 51.3 Å². The fourth-order valence-electron chi connectivity index (χ4n) is 10.2. The van der Waals surface area contributed by atoms with Gasteiger partial charge in [0, 0.05) is 55.9 Å². The smallest absolute Gasteiger partial charge is 0.0542 e. The van der Waals surface area contributed by atoms with Crippen molar-refractivity contribution >= 4 is 72.8 Å². The Kier molecular flexibility index (Phi) is 10.5. The second kappa shape index (κ2) is 17.1. The first kappa shape index (κ1) is 40.6. The highest BCUT2D eigenvalue weighted by Gasteiger charge is 2.21. The van der Waals surface area contributed by atoms with Gasteiger partial charge < -0.3 is 14.0 Å². The Labute approximate surface area is 387 Å². The van der Waals surface area contributed by atoms with Gasteiger partial charge in [-0.2, -0.15) is 0 Å². The molecule has 0 spiro atoms. The summed E-state index contributed by atoms with van der Waals surface area (Å²) in [5.41, 5.74) is 19.1. The van der Waals surface area contributed by atoms with Gasteiger partial charge in [0.1, 0.15) is 0 Å². The quantitative estimate of drug-likeness (QED) is 0.119. The third kappa shape index (κ3) is 7.39. The van der Waals surface area contributed by atoms with Crippen molar-refractivity contribution in [2.75, 3.05) is 4.90 Å². The standard InChI is InChI=1S/C63H51N3/c1-5-45-26-33-60-56(39-45)58-41-49(28-35-62(58)65(60)50-18-9-7-10-19-50)55(48-17-13-15-43(3)37-48)32-25-47-23-29-52(30-24-47)64(53-22-14-16-44(4)38-53)54-31-36-63-59(42-54)57-40-46(6-2)27-34-61(57)66(63)51-20-11-8-12-21-51/h5-24,26-31,33-42,55H,1-2,25,32H2,3-4H3. The van der Waals surface area contributed by atoms with Crippen molar-refractivity contribution in [1.82, 2.24) is 9.13 Å². The predicted molar refractivity (Wildman–Crippen MR) is 283 cm³/mol. The van der Waals surface area contributed by atoms with Crippen LogP contribution in [0.5, 0.6) is 0 Å². The average molecular weight is 850 g/mol. The summed E-state index contributed by atoms with van der Waals surface area (Å²) >= 11 is 0. The van der Waals surface area contributed by atoms with E-state index in [0.29, 0.717) is 0 Å². The van der Waals surface area contributed by atoms with Gasteiger partial charge in [-0.05, 0) is 163 Å². The molecular formula is C63H51N3. The van der Waals surface area contributed by atoms with E-state index >= 15 is 0 Å². The highest BCUT2D eigenvalue weighted by Crippen LogP contribution is 2.42. The van der Waals surface area contributed by atoms with Crippen molar-refractivity contribution in [3.63, 3.8) is 0 Å². The zero-order chi connectivity index (χ0) is 44.7. The molecule has 1 unspecified atom stereocenters. The normalized spacial score (nSPS) is 12.0. The zero-order valence-electron chi connectivity index (χ0n) is 37.5. The second-order valence-electron chi connectivity index (χ2n) is 17.6. The first-order valence-corrected chi connectivity index (χ1v) is 23.0. The molecule has 0 amide bonds. The van der Waals surface area contributed by atoms with Crippen LogP contribution in [0, 0.1) is 13.8 Å². The molecule has 2 heterocycles. The van der Waals surface area contributed by atoms with E-state index in [-0.39, 0.29) is 5.92 Å². The van der Waals surface area contributed by atoms with E-state index < -0.39 is 0 Å². The third-order valence-corrected chi connectivity index (χ3v) is 13.4. The molecular weight excluding hydrogens is 799 g/mol. The maximum absolute atomic E-state index is 4.10. The number of anilines is 3. The number of aryl methyl sites for hydroxylation is 3. The topological polar surface area (TPSA) is 13.1 Å². The van der Waals surface area contributed by atoms with Crippen LogP contribution in [0.4, 0.5) is 17.1 Å².